The summed E-state index contributed by atoms with van der Waals surface area (Å²) in [5.41, 5.74) is 4.85. The summed E-state index contributed by atoms with van der Waals surface area (Å²) < 4.78 is 37.0. The maximum absolute atomic E-state index is 12.5. The Kier molecular flexibility index (Phi) is 7.48. The predicted octanol–water partition coefficient (Wildman–Crippen LogP) is 1.71. The van der Waals surface area contributed by atoms with Crippen LogP contribution in [-0.2, 0) is 14.8 Å². The quantitative estimate of drug-likeness (QED) is 0.596. The van der Waals surface area contributed by atoms with Crippen molar-refractivity contribution in [2.45, 2.75) is 24.2 Å². The Morgan fingerprint density at radius 3 is 2.16 bits per heavy atom. The predicted molar refractivity (Wildman–Crippen MR) is 113 cm³/mol. The molecule has 0 aliphatic carbocycles. The van der Waals surface area contributed by atoms with Gasteiger partial charge < -0.3 is 9.47 Å². The van der Waals surface area contributed by atoms with Gasteiger partial charge in [-0.1, -0.05) is 0 Å². The molecule has 1 aliphatic rings. The van der Waals surface area contributed by atoms with Crippen LogP contribution in [-0.4, -0.2) is 51.3 Å². The van der Waals surface area contributed by atoms with Crippen molar-refractivity contribution < 1.29 is 27.5 Å². The van der Waals surface area contributed by atoms with E-state index in [2.05, 4.69) is 10.9 Å². The molecular formula is C21H25N3O6S. The van der Waals surface area contributed by atoms with Crippen molar-refractivity contribution >= 4 is 21.8 Å². The number of sulfonamides is 1. The van der Waals surface area contributed by atoms with E-state index in [1.807, 2.05) is 0 Å². The van der Waals surface area contributed by atoms with Crippen LogP contribution in [0.1, 0.15) is 29.6 Å². The third-order valence-corrected chi connectivity index (χ3v) is 6.70. The van der Waals surface area contributed by atoms with Gasteiger partial charge in [0, 0.05) is 18.7 Å². The number of benzene rings is 2. The van der Waals surface area contributed by atoms with Gasteiger partial charge in [0.2, 0.25) is 15.9 Å². The highest BCUT2D eigenvalue weighted by Gasteiger charge is 2.27. The van der Waals surface area contributed by atoms with Crippen LogP contribution in [0.25, 0.3) is 0 Å². The van der Waals surface area contributed by atoms with Crippen molar-refractivity contribution in [1.29, 1.82) is 0 Å². The van der Waals surface area contributed by atoms with E-state index in [0.29, 0.717) is 24.6 Å². The Morgan fingerprint density at radius 2 is 1.55 bits per heavy atom. The van der Waals surface area contributed by atoms with E-state index >= 15 is 0 Å². The van der Waals surface area contributed by atoms with E-state index in [0.717, 1.165) is 12.8 Å². The number of nitrogens with zero attached hydrogens (tertiary/aromatic N) is 1. The lowest BCUT2D eigenvalue weighted by Crippen LogP contribution is -2.42. The van der Waals surface area contributed by atoms with E-state index in [-0.39, 0.29) is 23.5 Å². The number of carbonyl (C=O) groups excluding carboxylic acids is 2. The average Bonchev–Trinajstić information content (AvgIpc) is 3.34. The number of hydrazine groups is 1. The molecule has 3 rings (SSSR count). The monoisotopic (exact) mass is 447 g/mol. The summed E-state index contributed by atoms with van der Waals surface area (Å²) >= 11 is 0. The minimum atomic E-state index is -3.53. The molecule has 2 aromatic carbocycles. The summed E-state index contributed by atoms with van der Waals surface area (Å²) in [5, 5.41) is 0. The smallest absolute Gasteiger partial charge is 0.269 e. The fourth-order valence-electron chi connectivity index (χ4n) is 3.05. The Balaban J connectivity index is 1.43. The Hall–Kier alpha value is -3.11. The van der Waals surface area contributed by atoms with Gasteiger partial charge in [0.25, 0.3) is 5.91 Å². The van der Waals surface area contributed by atoms with Crippen LogP contribution in [0, 0.1) is 0 Å². The van der Waals surface area contributed by atoms with Crippen LogP contribution in [0.15, 0.2) is 53.4 Å². The van der Waals surface area contributed by atoms with Gasteiger partial charge in [0.05, 0.1) is 25.0 Å². The van der Waals surface area contributed by atoms with Gasteiger partial charge in [-0.05, 0) is 61.4 Å². The average molecular weight is 448 g/mol. The maximum atomic E-state index is 12.5. The second-order valence-corrected chi connectivity index (χ2v) is 8.85. The van der Waals surface area contributed by atoms with Gasteiger partial charge in [-0.15, -0.1) is 0 Å². The molecule has 166 valence electrons. The second kappa shape index (κ2) is 10.3. The Bertz CT molecular complexity index is 1000. The molecule has 9 nitrogen and oxygen atoms in total. The molecular weight excluding hydrogens is 422 g/mol. The third-order valence-electron chi connectivity index (χ3n) is 4.79. The fraction of sp³-hybridized carbons (Fsp3) is 0.333. The summed E-state index contributed by atoms with van der Waals surface area (Å²) in [5.74, 6) is 0.334. The van der Waals surface area contributed by atoms with Crippen molar-refractivity contribution in [3.05, 3.63) is 54.1 Å². The van der Waals surface area contributed by atoms with Crippen molar-refractivity contribution in [2.24, 2.45) is 0 Å². The molecule has 0 atom stereocenters. The number of ether oxygens (including phenoxy) is 2. The number of amides is 2. The van der Waals surface area contributed by atoms with Crippen molar-refractivity contribution in [3.63, 3.8) is 0 Å². The number of carbonyl (C=O) groups is 2. The summed E-state index contributed by atoms with van der Waals surface area (Å²) in [7, 11) is -1.96. The molecule has 0 aromatic heterocycles. The van der Waals surface area contributed by atoms with Crippen LogP contribution in [0.2, 0.25) is 0 Å². The van der Waals surface area contributed by atoms with Crippen LogP contribution in [0.5, 0.6) is 11.5 Å². The fourth-order valence-corrected chi connectivity index (χ4v) is 4.57. The van der Waals surface area contributed by atoms with Crippen LogP contribution in [0.4, 0.5) is 0 Å². The topological polar surface area (TPSA) is 114 Å². The maximum Gasteiger partial charge on any atom is 0.269 e. The minimum Gasteiger partial charge on any atom is -0.497 e. The molecule has 1 aliphatic heterocycles. The number of hydrogen-bond donors (Lipinski definition) is 2. The Labute approximate surface area is 181 Å². The molecule has 0 spiro atoms. The molecule has 2 amide bonds. The minimum absolute atomic E-state index is 0.0410. The third kappa shape index (κ3) is 5.96. The molecule has 1 heterocycles. The highest BCUT2D eigenvalue weighted by Crippen LogP contribution is 2.21. The molecule has 0 radical (unpaired) electrons. The highest BCUT2D eigenvalue weighted by molar-refractivity contribution is 7.89. The van der Waals surface area contributed by atoms with Gasteiger partial charge in [-0.3, -0.25) is 20.4 Å². The van der Waals surface area contributed by atoms with Gasteiger partial charge in [0.15, 0.2) is 0 Å². The lowest BCUT2D eigenvalue weighted by atomic mass is 10.2. The van der Waals surface area contributed by atoms with Crippen molar-refractivity contribution in [2.75, 3.05) is 26.8 Å². The highest BCUT2D eigenvalue weighted by atomic mass is 32.2. The number of rotatable bonds is 8. The number of methoxy groups -OCH3 is 1. The lowest BCUT2D eigenvalue weighted by Gasteiger charge is -2.15. The standard InChI is InChI=1S/C21H25N3O6S/c1-29-17-6-8-18(9-7-17)30-15-12-20(25)22-23-21(26)16-4-10-19(11-5-16)31(27,28)24-13-2-3-14-24/h4-11H,2-3,12-15H2,1H3,(H,22,25)(H,23,26). The summed E-state index contributed by atoms with van der Waals surface area (Å²) in [6.07, 6.45) is 1.74. The SMILES string of the molecule is COc1ccc(OCCC(=O)NNC(=O)c2ccc(S(=O)(=O)N3CCCC3)cc2)cc1. The molecule has 2 N–H and O–H groups in total. The summed E-state index contributed by atoms with van der Waals surface area (Å²) in [4.78, 5) is 24.2. The first-order chi connectivity index (χ1) is 14.9. The van der Waals surface area contributed by atoms with Gasteiger partial charge >= 0.3 is 0 Å². The lowest BCUT2D eigenvalue weighted by molar-refractivity contribution is -0.122. The molecule has 1 saturated heterocycles. The zero-order valence-corrected chi connectivity index (χ0v) is 18.0. The van der Waals surface area contributed by atoms with E-state index in [1.54, 1.807) is 31.4 Å². The molecule has 31 heavy (non-hydrogen) atoms. The summed E-state index contributed by atoms with van der Waals surface area (Å²) in [6, 6.07) is 12.6. The normalized spacial score (nSPS) is 14.1. The second-order valence-electron chi connectivity index (χ2n) is 6.91. The van der Waals surface area contributed by atoms with E-state index < -0.39 is 21.8 Å². The van der Waals surface area contributed by atoms with Crippen LogP contribution in [0.3, 0.4) is 0 Å². The van der Waals surface area contributed by atoms with Gasteiger partial charge in [-0.2, -0.15) is 4.31 Å². The molecule has 2 aromatic rings. The van der Waals surface area contributed by atoms with Crippen molar-refractivity contribution in [1.82, 2.24) is 15.2 Å². The molecule has 0 bridgehead atoms. The van der Waals surface area contributed by atoms with Crippen LogP contribution >= 0.6 is 0 Å². The first kappa shape index (κ1) is 22.6. The van der Waals surface area contributed by atoms with E-state index in [1.165, 1.54) is 28.6 Å². The van der Waals surface area contributed by atoms with E-state index in [9.17, 15) is 18.0 Å². The molecule has 0 unspecified atom stereocenters. The summed E-state index contributed by atoms with van der Waals surface area (Å²) in [6.45, 7) is 1.16. The molecule has 10 heteroatoms. The molecule has 0 saturated carbocycles. The van der Waals surface area contributed by atoms with Crippen molar-refractivity contribution in [3.8, 4) is 11.5 Å². The van der Waals surface area contributed by atoms with Gasteiger partial charge in [0.1, 0.15) is 11.5 Å². The van der Waals surface area contributed by atoms with E-state index in [4.69, 9.17) is 9.47 Å². The van der Waals surface area contributed by atoms with Gasteiger partial charge in [-0.25, -0.2) is 8.42 Å². The largest absolute Gasteiger partial charge is 0.497 e. The number of hydrogen-bond acceptors (Lipinski definition) is 6. The van der Waals surface area contributed by atoms with Crippen LogP contribution < -0.4 is 20.3 Å². The molecule has 1 fully saturated rings. The first-order valence-electron chi connectivity index (χ1n) is 9.86. The zero-order chi connectivity index (χ0) is 22.3. The first-order valence-corrected chi connectivity index (χ1v) is 11.3. The Morgan fingerprint density at radius 1 is 0.935 bits per heavy atom. The zero-order valence-electron chi connectivity index (χ0n) is 17.2. The number of nitrogens with one attached hydrogen (secondary N) is 2.